The molecule has 0 aliphatic carbocycles. The molecule has 1 rings (SSSR count). The lowest BCUT2D eigenvalue weighted by Gasteiger charge is -2.48. The Kier molecular flexibility index (Phi) is 9.19. The van der Waals surface area contributed by atoms with Gasteiger partial charge in [-0.1, -0.05) is 6.92 Å². The lowest BCUT2D eigenvalue weighted by Crippen LogP contribution is -2.65. The van der Waals surface area contributed by atoms with Crippen LogP contribution in [0.15, 0.2) is 0 Å². The molecule has 0 spiro atoms. The van der Waals surface area contributed by atoms with E-state index in [0.29, 0.717) is 0 Å². The molecule has 0 bridgehead atoms. The van der Waals surface area contributed by atoms with Crippen molar-refractivity contribution in [1.29, 1.82) is 0 Å². The number of hydrogen-bond donors (Lipinski definition) is 0. The summed E-state index contributed by atoms with van der Waals surface area (Å²) < 4.78 is 80.3. The van der Waals surface area contributed by atoms with Crippen molar-refractivity contribution in [2.75, 3.05) is 41.8 Å². The van der Waals surface area contributed by atoms with Gasteiger partial charge in [0.2, 0.25) is 6.17 Å². The van der Waals surface area contributed by atoms with Gasteiger partial charge in [0, 0.05) is 0 Å². The highest BCUT2D eigenvalue weighted by Gasteiger charge is 2.43. The summed E-state index contributed by atoms with van der Waals surface area (Å²) in [4.78, 5) is 0. The highest BCUT2D eigenvalue weighted by molar-refractivity contribution is 6.50. The van der Waals surface area contributed by atoms with E-state index in [1.807, 2.05) is 0 Å². The first-order chi connectivity index (χ1) is 9.73. The van der Waals surface area contributed by atoms with Crippen LogP contribution in [0.5, 0.6) is 0 Å². The molecule has 1 aliphatic rings. The maximum absolute atomic E-state index is 9.75. The third-order valence-electron chi connectivity index (χ3n) is 3.51. The van der Waals surface area contributed by atoms with Crippen LogP contribution < -0.4 is 0 Å². The van der Waals surface area contributed by atoms with E-state index >= 15 is 0 Å². The van der Waals surface area contributed by atoms with Gasteiger partial charge in [-0.15, -0.1) is 0 Å². The van der Waals surface area contributed by atoms with Crippen molar-refractivity contribution in [2.24, 2.45) is 5.92 Å². The van der Waals surface area contributed by atoms with Crippen LogP contribution in [0.25, 0.3) is 0 Å². The molecular weight excluding hydrogens is 334 g/mol. The van der Waals surface area contributed by atoms with Crippen molar-refractivity contribution in [3.63, 3.8) is 0 Å². The fourth-order valence-corrected chi connectivity index (χ4v) is 2.72. The average molecular weight is 360 g/mol. The van der Waals surface area contributed by atoms with Gasteiger partial charge in [0.1, 0.15) is 0 Å². The van der Waals surface area contributed by atoms with Crippen molar-refractivity contribution in [1.82, 2.24) is 0 Å². The molecule has 2 nitrogen and oxygen atoms in total. The van der Waals surface area contributed by atoms with E-state index in [9.17, 15) is 34.5 Å². The molecule has 23 heavy (non-hydrogen) atoms. The molecule has 142 valence electrons. The topological polar surface area (TPSA) is 0 Å². The lowest BCUT2D eigenvalue weighted by molar-refractivity contribution is -1.10. The number of likely N-dealkylation sites (tertiary alicyclic amines) is 1. The van der Waals surface area contributed by atoms with Crippen LogP contribution in [0.1, 0.15) is 19.8 Å². The fraction of sp³-hybridized carbons (Fsp3) is 1.00. The summed E-state index contributed by atoms with van der Waals surface area (Å²) >= 11 is 0. The number of rotatable bonds is 1. The van der Waals surface area contributed by atoms with Gasteiger partial charge in [-0.25, -0.2) is 0 Å². The summed E-state index contributed by atoms with van der Waals surface area (Å²) in [5.41, 5.74) is 0. The van der Waals surface area contributed by atoms with Crippen molar-refractivity contribution >= 4 is 14.5 Å². The standard InChI is InChI=1S/C11H26N2.2BF4/c1-10-7-8-13(5,6)11(9-10)12(2,3)4;2*2-1(3,4)5/h10-11H,7-9H2,1-6H3;;/q+2;2*-1. The van der Waals surface area contributed by atoms with E-state index < -0.39 is 14.5 Å². The average Bonchev–Trinajstić information content (AvgIpc) is 2.15. The minimum Gasteiger partial charge on any atom is -0.418 e. The monoisotopic (exact) mass is 360 g/mol. The first-order valence-corrected chi connectivity index (χ1v) is 7.12. The normalized spacial score (nSPS) is 24.8. The molecule has 1 heterocycles. The van der Waals surface area contributed by atoms with Crippen molar-refractivity contribution in [2.45, 2.75) is 25.9 Å². The Balaban J connectivity index is 0. The summed E-state index contributed by atoms with van der Waals surface area (Å²) in [7, 11) is -0.284. The van der Waals surface area contributed by atoms with Crippen LogP contribution in [0.3, 0.4) is 0 Å². The molecule has 0 amide bonds. The molecule has 0 aromatic heterocycles. The number of nitrogens with zero attached hydrogens (tertiary/aromatic N) is 2. The molecule has 0 radical (unpaired) electrons. The molecule has 0 saturated carbocycles. The maximum Gasteiger partial charge on any atom is 0.673 e. The van der Waals surface area contributed by atoms with Crippen LogP contribution in [-0.2, 0) is 0 Å². The zero-order chi connectivity index (χ0) is 19.3. The number of piperidine rings is 1. The van der Waals surface area contributed by atoms with E-state index in [2.05, 4.69) is 42.2 Å². The largest absolute Gasteiger partial charge is 0.673 e. The van der Waals surface area contributed by atoms with Gasteiger partial charge >= 0.3 is 14.5 Å². The van der Waals surface area contributed by atoms with E-state index in [-0.39, 0.29) is 0 Å². The third kappa shape index (κ3) is 17.7. The minimum atomic E-state index is -6.00. The van der Waals surface area contributed by atoms with Gasteiger partial charge in [-0.2, -0.15) is 0 Å². The van der Waals surface area contributed by atoms with E-state index in [0.717, 1.165) is 16.6 Å². The van der Waals surface area contributed by atoms with Gasteiger partial charge < -0.3 is 34.5 Å². The van der Waals surface area contributed by atoms with Gasteiger partial charge in [0.15, 0.2) is 0 Å². The molecule has 12 heteroatoms. The predicted octanol–water partition coefficient (Wildman–Crippen LogP) is 4.13. The second-order valence-corrected chi connectivity index (χ2v) is 7.22. The van der Waals surface area contributed by atoms with Crippen LogP contribution in [-0.4, -0.2) is 71.4 Å². The van der Waals surface area contributed by atoms with Gasteiger partial charge in [-0.05, 0) is 12.3 Å². The van der Waals surface area contributed by atoms with E-state index in [1.165, 1.54) is 23.9 Å². The summed E-state index contributed by atoms with van der Waals surface area (Å²) in [6.45, 7) is 3.73. The molecule has 2 unspecified atom stereocenters. The zero-order valence-corrected chi connectivity index (χ0v) is 14.3. The van der Waals surface area contributed by atoms with Crippen molar-refractivity contribution in [3.05, 3.63) is 0 Å². The quantitative estimate of drug-likeness (QED) is 0.375. The van der Waals surface area contributed by atoms with Crippen molar-refractivity contribution in [3.8, 4) is 0 Å². The Morgan fingerprint density at radius 1 is 0.826 bits per heavy atom. The molecule has 0 N–H and O–H groups in total. The summed E-state index contributed by atoms with van der Waals surface area (Å²) in [5, 5.41) is 0. The minimum absolute atomic E-state index is 0.767. The first kappa shape index (κ1) is 24.7. The molecule has 0 aromatic rings. The predicted molar refractivity (Wildman–Crippen MR) is 77.6 cm³/mol. The second-order valence-electron chi connectivity index (χ2n) is 7.22. The van der Waals surface area contributed by atoms with E-state index in [4.69, 9.17) is 0 Å². The Morgan fingerprint density at radius 2 is 1.13 bits per heavy atom. The SMILES string of the molecule is CC1CC[N+](C)(C)C([N+](C)(C)C)C1.F[B-](F)(F)F.F[B-](F)(F)F. The maximum atomic E-state index is 9.75. The van der Waals surface area contributed by atoms with Gasteiger partial charge in [0.05, 0.1) is 48.2 Å². The van der Waals surface area contributed by atoms with Crippen LogP contribution >= 0.6 is 0 Å². The van der Waals surface area contributed by atoms with Gasteiger partial charge in [-0.3, -0.25) is 8.97 Å². The molecule has 1 aliphatic heterocycles. The Hall–Kier alpha value is -0.510. The number of quaternary nitrogens is 2. The Labute approximate surface area is 132 Å². The molecule has 2 atom stereocenters. The lowest BCUT2D eigenvalue weighted by atomic mass is 9.94. The molecule has 1 saturated heterocycles. The molecule has 0 aromatic carbocycles. The summed E-state index contributed by atoms with van der Waals surface area (Å²) in [6, 6.07) is 0. The molecule has 1 fully saturated rings. The number of halogens is 8. The van der Waals surface area contributed by atoms with Crippen molar-refractivity contribution < 1.29 is 43.5 Å². The molecular formula is C11H26B2F8N2. The van der Waals surface area contributed by atoms with Crippen LogP contribution in [0, 0.1) is 5.92 Å². The van der Waals surface area contributed by atoms with Crippen LogP contribution in [0.4, 0.5) is 34.5 Å². The third-order valence-corrected chi connectivity index (χ3v) is 3.51. The first-order valence-electron chi connectivity index (χ1n) is 7.12. The highest BCUT2D eigenvalue weighted by Crippen LogP contribution is 2.29. The fourth-order valence-electron chi connectivity index (χ4n) is 2.72. The highest BCUT2D eigenvalue weighted by atomic mass is 19.5. The van der Waals surface area contributed by atoms with E-state index in [1.54, 1.807) is 0 Å². The van der Waals surface area contributed by atoms with Crippen LogP contribution in [0.2, 0.25) is 0 Å². The smallest absolute Gasteiger partial charge is 0.418 e. The Bertz CT molecular complexity index is 314. The summed E-state index contributed by atoms with van der Waals surface area (Å²) in [6.07, 6.45) is 3.53. The zero-order valence-electron chi connectivity index (χ0n) is 14.3. The summed E-state index contributed by atoms with van der Waals surface area (Å²) in [5.74, 6) is 0.911. The van der Waals surface area contributed by atoms with Gasteiger partial charge in [0.25, 0.3) is 0 Å². The Morgan fingerprint density at radius 3 is 1.35 bits per heavy atom. The number of hydrogen-bond acceptors (Lipinski definition) is 0. The second kappa shape index (κ2) is 8.55.